The van der Waals surface area contributed by atoms with Crippen molar-refractivity contribution in [3.05, 3.63) is 30.1 Å². The van der Waals surface area contributed by atoms with Gasteiger partial charge in [0, 0.05) is 19.3 Å². The predicted octanol–water partition coefficient (Wildman–Crippen LogP) is -1.90. The number of carbonyl (C=O) groups is 2. The molecule has 0 aliphatic carbocycles. The van der Waals surface area contributed by atoms with Crippen molar-refractivity contribution in [2.75, 3.05) is 13.1 Å². The number of pyridine rings is 1. The number of amides is 1. The summed E-state index contributed by atoms with van der Waals surface area (Å²) in [4.78, 5) is 29.5. The minimum atomic E-state index is -1.14. The summed E-state index contributed by atoms with van der Waals surface area (Å²) < 4.78 is 5.32. The van der Waals surface area contributed by atoms with E-state index >= 15 is 0 Å². The molecule has 23 heavy (non-hydrogen) atoms. The largest absolute Gasteiger partial charge is 1.00 e. The van der Waals surface area contributed by atoms with E-state index in [4.69, 9.17) is 4.74 Å². The van der Waals surface area contributed by atoms with Crippen LogP contribution in [0.5, 0.6) is 0 Å². The van der Waals surface area contributed by atoms with E-state index in [1.165, 1.54) is 4.90 Å². The van der Waals surface area contributed by atoms with E-state index in [0.29, 0.717) is 18.8 Å². The first kappa shape index (κ1) is 20.6. The average Bonchev–Trinajstić information content (AvgIpc) is 2.46. The van der Waals surface area contributed by atoms with Gasteiger partial charge < -0.3 is 19.5 Å². The Balaban J connectivity index is 0.00000264. The molecule has 1 aliphatic heterocycles. The van der Waals surface area contributed by atoms with E-state index in [1.807, 2.05) is 0 Å². The number of rotatable bonds is 2. The number of likely N-dealkylation sites (tertiary alicyclic amines) is 1. The molecule has 0 unspecified atom stereocenters. The maximum Gasteiger partial charge on any atom is 1.00 e. The quantitative estimate of drug-likeness (QED) is 0.586. The van der Waals surface area contributed by atoms with E-state index in [0.717, 1.165) is 0 Å². The summed E-state index contributed by atoms with van der Waals surface area (Å²) in [5.41, 5.74) is -1.22. The van der Waals surface area contributed by atoms with Crippen LogP contribution in [-0.2, 0) is 14.9 Å². The topological polar surface area (TPSA) is 82.6 Å². The smallest absolute Gasteiger partial charge is 0.549 e. The van der Waals surface area contributed by atoms with Crippen molar-refractivity contribution in [1.82, 2.24) is 9.88 Å². The Kier molecular flexibility index (Phi) is 7.22. The van der Waals surface area contributed by atoms with E-state index in [-0.39, 0.29) is 64.2 Å². The minimum Gasteiger partial charge on any atom is -0.549 e. The summed E-state index contributed by atoms with van der Waals surface area (Å²) in [7, 11) is 0. The molecule has 0 aromatic carbocycles. The van der Waals surface area contributed by atoms with Crippen LogP contribution >= 0.6 is 0 Å². The van der Waals surface area contributed by atoms with Crippen LogP contribution in [0.4, 0.5) is 4.79 Å². The van der Waals surface area contributed by atoms with Gasteiger partial charge in [-0.15, -0.1) is 0 Å². The molecule has 0 atom stereocenters. The summed E-state index contributed by atoms with van der Waals surface area (Å²) in [5, 5.41) is 11.7. The third-order valence-corrected chi connectivity index (χ3v) is 3.81. The maximum absolute atomic E-state index is 12.1. The molecule has 1 amide bonds. The molecule has 1 aromatic heterocycles. The number of hydrogen-bond acceptors (Lipinski definition) is 5. The summed E-state index contributed by atoms with van der Waals surface area (Å²) in [6, 6.07) is 5.19. The third-order valence-electron chi connectivity index (χ3n) is 3.81. The first-order valence-electron chi connectivity index (χ1n) is 7.35. The van der Waals surface area contributed by atoms with Crippen LogP contribution in [0.3, 0.4) is 0 Å². The van der Waals surface area contributed by atoms with Crippen LogP contribution in [-0.4, -0.2) is 40.6 Å². The Hall–Kier alpha value is -0.474. The van der Waals surface area contributed by atoms with Crippen LogP contribution in [0, 0.1) is 0 Å². The van der Waals surface area contributed by atoms with Crippen molar-refractivity contribution in [3.63, 3.8) is 0 Å². The van der Waals surface area contributed by atoms with E-state index in [2.05, 4.69) is 4.98 Å². The van der Waals surface area contributed by atoms with Gasteiger partial charge in [-0.25, -0.2) is 4.79 Å². The fourth-order valence-electron chi connectivity index (χ4n) is 2.61. The minimum absolute atomic E-state index is 0. The van der Waals surface area contributed by atoms with Gasteiger partial charge in [-0.2, -0.15) is 0 Å². The molecule has 0 saturated carbocycles. The molecular weight excluding hydrogens is 323 g/mol. The van der Waals surface area contributed by atoms with Gasteiger partial charge in [-0.05, 0) is 45.7 Å². The molecule has 7 heteroatoms. The molecule has 1 fully saturated rings. The SMILES string of the molecule is CC(C)(C)OC(=O)N1CCC(C(=O)[O-])(c2ccccn2)CC1.[K+]. The van der Waals surface area contributed by atoms with E-state index in [9.17, 15) is 14.7 Å². The zero-order valence-corrected chi connectivity index (χ0v) is 17.3. The van der Waals surface area contributed by atoms with Crippen molar-refractivity contribution in [1.29, 1.82) is 0 Å². The summed E-state index contributed by atoms with van der Waals surface area (Å²) in [5.74, 6) is -1.14. The van der Waals surface area contributed by atoms with Gasteiger partial charge in [0.1, 0.15) is 5.60 Å². The Labute approximate surface area is 179 Å². The maximum atomic E-state index is 12.1. The Morgan fingerprint density at radius 2 is 1.87 bits per heavy atom. The Bertz CT molecular complexity index is 549. The van der Waals surface area contributed by atoms with Gasteiger partial charge in [0.15, 0.2) is 0 Å². The fraction of sp³-hybridized carbons (Fsp3) is 0.562. The number of hydrogen-bond donors (Lipinski definition) is 0. The molecule has 2 rings (SSSR count). The summed E-state index contributed by atoms with van der Waals surface area (Å²) >= 11 is 0. The Morgan fingerprint density at radius 3 is 2.30 bits per heavy atom. The molecule has 0 N–H and O–H groups in total. The van der Waals surface area contributed by atoms with Crippen molar-refractivity contribution in [2.24, 2.45) is 0 Å². The second-order valence-electron chi connectivity index (χ2n) is 6.55. The van der Waals surface area contributed by atoms with Crippen molar-refractivity contribution in [2.45, 2.75) is 44.6 Å². The van der Waals surface area contributed by atoms with Gasteiger partial charge in [0.25, 0.3) is 0 Å². The van der Waals surface area contributed by atoms with E-state index in [1.54, 1.807) is 45.2 Å². The van der Waals surface area contributed by atoms with Gasteiger partial charge in [-0.3, -0.25) is 4.98 Å². The second-order valence-corrected chi connectivity index (χ2v) is 6.55. The first-order valence-corrected chi connectivity index (χ1v) is 7.35. The molecule has 6 nitrogen and oxygen atoms in total. The molecule has 2 heterocycles. The van der Waals surface area contributed by atoms with E-state index < -0.39 is 23.1 Å². The number of carboxylic acid groups (broad SMARTS) is 1. The number of aliphatic carboxylic acids is 1. The van der Waals surface area contributed by atoms with Gasteiger partial charge in [0.2, 0.25) is 0 Å². The van der Waals surface area contributed by atoms with Crippen LogP contribution in [0.1, 0.15) is 39.3 Å². The number of nitrogens with zero attached hydrogens (tertiary/aromatic N) is 2. The molecule has 1 aliphatic rings. The molecule has 0 radical (unpaired) electrons. The van der Waals surface area contributed by atoms with Gasteiger partial charge >= 0.3 is 57.5 Å². The number of aromatic nitrogens is 1. The van der Waals surface area contributed by atoms with Crippen LogP contribution < -0.4 is 56.5 Å². The van der Waals surface area contributed by atoms with Crippen LogP contribution in [0.2, 0.25) is 0 Å². The monoisotopic (exact) mass is 344 g/mol. The molecule has 120 valence electrons. The molecule has 1 saturated heterocycles. The van der Waals surface area contributed by atoms with Gasteiger partial charge in [-0.1, -0.05) is 6.07 Å². The standard InChI is InChI=1S/C16H22N2O4.K/c1-15(2,3)22-14(21)18-10-7-16(8-11-18,13(19)20)12-6-4-5-9-17-12;/h4-6,9H,7-8,10-11H2,1-3H3,(H,19,20);/q;+1/p-1. The van der Waals surface area contributed by atoms with Gasteiger partial charge in [0.05, 0.1) is 17.1 Å². The first-order chi connectivity index (χ1) is 10.2. The van der Waals surface area contributed by atoms with Crippen LogP contribution in [0.15, 0.2) is 24.4 Å². The molecule has 0 spiro atoms. The zero-order chi connectivity index (χ0) is 16.4. The predicted molar refractivity (Wildman–Crippen MR) is 78.0 cm³/mol. The summed E-state index contributed by atoms with van der Waals surface area (Å²) in [6.45, 7) is 6.01. The van der Waals surface area contributed by atoms with Crippen molar-refractivity contribution in [3.8, 4) is 0 Å². The van der Waals surface area contributed by atoms with Crippen LogP contribution in [0.25, 0.3) is 0 Å². The number of carbonyl (C=O) groups excluding carboxylic acids is 2. The third kappa shape index (κ3) is 5.00. The van der Waals surface area contributed by atoms with Crippen molar-refractivity contribution >= 4 is 12.1 Å². The summed E-state index contributed by atoms with van der Waals surface area (Å²) in [6.07, 6.45) is 1.69. The zero-order valence-electron chi connectivity index (χ0n) is 14.2. The van der Waals surface area contributed by atoms with Crippen molar-refractivity contribution < 1.29 is 70.8 Å². The number of piperidine rings is 1. The fourth-order valence-corrected chi connectivity index (χ4v) is 2.61. The molecular formula is C16H21KN2O4. The number of carboxylic acids is 1. The normalized spacial score (nSPS) is 17.1. The molecule has 0 bridgehead atoms. The second kappa shape index (κ2) is 8.07. The number of ether oxygens (including phenoxy) is 1. The Morgan fingerprint density at radius 1 is 1.26 bits per heavy atom. The molecule has 1 aromatic rings. The average molecular weight is 344 g/mol.